The molecule has 6 atom stereocenters. The third-order valence-corrected chi connectivity index (χ3v) is 18.6. The van der Waals surface area contributed by atoms with E-state index in [0.29, 0.717) is 25.7 Å². The van der Waals surface area contributed by atoms with E-state index >= 15 is 0 Å². The number of hydrogen-bond acceptors (Lipinski definition) is 15. The second-order valence-corrected chi connectivity index (χ2v) is 29.7. The van der Waals surface area contributed by atoms with E-state index < -0.39 is 97.5 Å². The van der Waals surface area contributed by atoms with Gasteiger partial charge in [0.25, 0.3) is 0 Å². The van der Waals surface area contributed by atoms with Gasteiger partial charge in [0.15, 0.2) is 12.2 Å². The number of phosphoric acid groups is 2. The number of carbonyl (C=O) groups is 4. The SMILES string of the molecule is CCCCCCCCCCCC(=O)OC[C@H](COP(=O)(O)OC[C@H](O)COP(=O)(O)OC[C@@H](COC(=O)CCCCCCCCCCCCC(C)CC)OC(=O)CCCCCCCCCCCCCC(C)C)OC(=O)CCCCCCCCCCCCC(C)C. The molecule has 0 heterocycles. The first-order valence-electron chi connectivity index (χ1n) is 36.9. The highest BCUT2D eigenvalue weighted by Crippen LogP contribution is 2.45. The van der Waals surface area contributed by atoms with Crippen LogP contribution >= 0.6 is 15.6 Å². The maximum atomic E-state index is 13.0. The van der Waals surface area contributed by atoms with Gasteiger partial charge < -0.3 is 33.8 Å². The van der Waals surface area contributed by atoms with Crippen LogP contribution in [-0.4, -0.2) is 96.7 Å². The lowest BCUT2D eigenvalue weighted by molar-refractivity contribution is -0.161. The maximum Gasteiger partial charge on any atom is 0.472 e. The number of aliphatic hydroxyl groups is 1. The van der Waals surface area contributed by atoms with Crippen LogP contribution in [0.2, 0.25) is 0 Å². The number of phosphoric ester groups is 2. The molecule has 0 amide bonds. The van der Waals surface area contributed by atoms with Crippen molar-refractivity contribution in [2.24, 2.45) is 17.8 Å². The van der Waals surface area contributed by atoms with Crippen molar-refractivity contribution in [2.45, 2.75) is 375 Å². The Morgan fingerprint density at radius 3 is 0.844 bits per heavy atom. The number of unbranched alkanes of at least 4 members (excludes halogenated alkanes) is 36. The summed E-state index contributed by atoms with van der Waals surface area (Å²) in [6.45, 7) is 11.9. The van der Waals surface area contributed by atoms with E-state index in [1.807, 2.05) is 0 Å². The van der Waals surface area contributed by atoms with Gasteiger partial charge in [0.2, 0.25) is 0 Å². The first-order valence-corrected chi connectivity index (χ1v) is 39.9. The molecule has 0 aliphatic carbocycles. The molecule has 0 rings (SSSR count). The summed E-state index contributed by atoms with van der Waals surface area (Å²) in [7, 11) is -9.90. The normalized spacial score (nSPS) is 14.5. The highest BCUT2D eigenvalue weighted by molar-refractivity contribution is 7.47. The second kappa shape index (κ2) is 61.9. The molecule has 17 nitrogen and oxygen atoms in total. The van der Waals surface area contributed by atoms with Crippen LogP contribution in [0.25, 0.3) is 0 Å². The van der Waals surface area contributed by atoms with Crippen molar-refractivity contribution in [2.75, 3.05) is 39.6 Å². The van der Waals surface area contributed by atoms with Crippen molar-refractivity contribution in [1.29, 1.82) is 0 Å². The molecular weight excluding hydrogens is 1190 g/mol. The molecule has 0 aromatic carbocycles. The number of aliphatic hydroxyl groups excluding tert-OH is 1. The van der Waals surface area contributed by atoms with E-state index in [1.165, 1.54) is 167 Å². The van der Waals surface area contributed by atoms with Gasteiger partial charge in [0.1, 0.15) is 19.3 Å². The summed E-state index contributed by atoms with van der Waals surface area (Å²) in [4.78, 5) is 72.6. The van der Waals surface area contributed by atoms with E-state index in [-0.39, 0.29) is 25.7 Å². The Labute approximate surface area is 549 Å². The van der Waals surface area contributed by atoms with Crippen molar-refractivity contribution in [3.05, 3.63) is 0 Å². The van der Waals surface area contributed by atoms with Gasteiger partial charge in [-0.05, 0) is 43.4 Å². The predicted octanol–water partition coefficient (Wildman–Crippen LogP) is 20.2. The Kier molecular flexibility index (Phi) is 60.6. The van der Waals surface area contributed by atoms with Gasteiger partial charge in [0.05, 0.1) is 26.4 Å². The fourth-order valence-corrected chi connectivity index (χ4v) is 12.3. The first-order chi connectivity index (χ1) is 43.3. The van der Waals surface area contributed by atoms with Crippen molar-refractivity contribution in [1.82, 2.24) is 0 Å². The molecule has 19 heteroatoms. The standard InChI is InChI=1S/C71H138O17P2/c1-8-10-11-12-13-21-31-38-45-52-68(73)81-58-66(88-71(76)55-48-41-34-27-19-17-23-29-36-43-50-63(5)6)60-85-89(77,78)83-56-65(72)57-84-90(79,80)86-61-67(87-70(75)54-47-40-33-26-16-14-15-22-28-35-42-49-62(3)4)59-82-69(74)53-46-39-32-25-20-18-24-30-37-44-51-64(7)9-2/h62-67,72H,8-61H2,1-7H3,(H,77,78)(H,79,80)/t64?,65-,66+,67+/m0/s1. The van der Waals surface area contributed by atoms with Gasteiger partial charge in [-0.1, -0.05) is 305 Å². The number of esters is 4. The van der Waals surface area contributed by atoms with Gasteiger partial charge in [-0.2, -0.15) is 0 Å². The van der Waals surface area contributed by atoms with E-state index in [4.69, 9.17) is 37.0 Å². The molecular formula is C71H138O17P2. The summed E-state index contributed by atoms with van der Waals surface area (Å²) in [6, 6.07) is 0. The van der Waals surface area contributed by atoms with Crippen LogP contribution in [0.3, 0.4) is 0 Å². The highest BCUT2D eigenvalue weighted by Gasteiger charge is 2.30. The van der Waals surface area contributed by atoms with E-state index in [2.05, 4.69) is 48.5 Å². The van der Waals surface area contributed by atoms with Crippen molar-refractivity contribution in [3.8, 4) is 0 Å². The molecule has 3 unspecified atom stereocenters. The Bertz CT molecular complexity index is 1770. The van der Waals surface area contributed by atoms with Crippen LogP contribution in [0.5, 0.6) is 0 Å². The smallest absolute Gasteiger partial charge is 0.462 e. The van der Waals surface area contributed by atoms with Crippen LogP contribution in [0, 0.1) is 17.8 Å². The summed E-state index contributed by atoms with van der Waals surface area (Å²) in [5.41, 5.74) is 0. The van der Waals surface area contributed by atoms with Crippen molar-refractivity contribution >= 4 is 39.5 Å². The van der Waals surface area contributed by atoms with Gasteiger partial charge in [-0.25, -0.2) is 9.13 Å². The molecule has 0 spiro atoms. The summed E-state index contributed by atoms with van der Waals surface area (Å²) >= 11 is 0. The summed E-state index contributed by atoms with van der Waals surface area (Å²) in [5.74, 6) is 0.202. The zero-order chi connectivity index (χ0) is 66.6. The topological polar surface area (TPSA) is 237 Å². The highest BCUT2D eigenvalue weighted by atomic mass is 31.2. The zero-order valence-corrected chi connectivity index (χ0v) is 60.4. The number of rotatable bonds is 69. The van der Waals surface area contributed by atoms with Crippen LogP contribution in [0.4, 0.5) is 0 Å². The lowest BCUT2D eigenvalue weighted by atomic mass is 9.99. The van der Waals surface area contributed by atoms with Crippen molar-refractivity contribution in [3.63, 3.8) is 0 Å². The third-order valence-electron chi connectivity index (χ3n) is 16.7. The average molecular weight is 1330 g/mol. The van der Waals surface area contributed by atoms with Gasteiger partial charge in [-0.3, -0.25) is 37.3 Å². The fraction of sp³-hybridized carbons (Fsp3) is 0.944. The minimum absolute atomic E-state index is 0.106. The number of ether oxygens (including phenoxy) is 4. The van der Waals surface area contributed by atoms with Crippen molar-refractivity contribution < 1.29 is 80.2 Å². The average Bonchev–Trinajstić information content (AvgIpc) is 2.99. The Morgan fingerprint density at radius 2 is 0.567 bits per heavy atom. The van der Waals surface area contributed by atoms with E-state index in [1.54, 1.807) is 0 Å². The Hall–Kier alpha value is -1.94. The summed E-state index contributed by atoms with van der Waals surface area (Å²) < 4.78 is 68.3. The fourth-order valence-electron chi connectivity index (χ4n) is 10.7. The quantitative estimate of drug-likeness (QED) is 0.0222. The molecule has 0 aromatic rings. The largest absolute Gasteiger partial charge is 0.472 e. The monoisotopic (exact) mass is 1320 g/mol. The molecule has 534 valence electrons. The molecule has 0 radical (unpaired) electrons. The maximum absolute atomic E-state index is 13.0. The van der Waals surface area contributed by atoms with Crippen LogP contribution in [-0.2, 0) is 65.4 Å². The molecule has 0 bridgehead atoms. The number of carbonyl (C=O) groups excluding carboxylic acids is 4. The molecule has 0 aromatic heterocycles. The van der Waals surface area contributed by atoms with Gasteiger partial charge >= 0.3 is 39.5 Å². The van der Waals surface area contributed by atoms with E-state index in [0.717, 1.165) is 108 Å². The van der Waals surface area contributed by atoms with E-state index in [9.17, 15) is 43.2 Å². The predicted molar refractivity (Wildman–Crippen MR) is 363 cm³/mol. The molecule has 0 saturated carbocycles. The molecule has 0 saturated heterocycles. The Morgan fingerprint density at radius 1 is 0.322 bits per heavy atom. The zero-order valence-electron chi connectivity index (χ0n) is 58.6. The molecule has 0 fully saturated rings. The molecule has 3 N–H and O–H groups in total. The summed E-state index contributed by atoms with van der Waals surface area (Å²) in [5, 5.41) is 10.6. The van der Waals surface area contributed by atoms with Crippen LogP contribution in [0.15, 0.2) is 0 Å². The summed E-state index contributed by atoms with van der Waals surface area (Å²) in [6.07, 6.45) is 45.7. The first kappa shape index (κ1) is 88.1. The minimum Gasteiger partial charge on any atom is -0.462 e. The lowest BCUT2D eigenvalue weighted by Crippen LogP contribution is -2.30. The van der Waals surface area contributed by atoms with Crippen LogP contribution in [0.1, 0.15) is 357 Å². The third kappa shape index (κ3) is 63.5. The second-order valence-electron chi connectivity index (χ2n) is 26.8. The van der Waals surface area contributed by atoms with Gasteiger partial charge in [0, 0.05) is 25.7 Å². The molecule has 0 aliphatic rings. The molecule has 90 heavy (non-hydrogen) atoms. The Balaban J connectivity index is 5.25. The molecule has 0 aliphatic heterocycles. The van der Waals surface area contributed by atoms with Crippen LogP contribution < -0.4 is 0 Å². The minimum atomic E-state index is -4.95. The lowest BCUT2D eigenvalue weighted by Gasteiger charge is -2.21. The number of hydrogen-bond donors (Lipinski definition) is 3. The van der Waals surface area contributed by atoms with Gasteiger partial charge in [-0.15, -0.1) is 0 Å².